The Morgan fingerprint density at radius 1 is 0.864 bits per heavy atom. The molecule has 0 aliphatic heterocycles. The topological polar surface area (TPSA) is 119 Å². The first-order valence-electron chi connectivity index (χ1n) is 14.7. The molecular weight excluding hydrogens is 575 g/mol. The van der Waals surface area contributed by atoms with Gasteiger partial charge in [-0.1, -0.05) is 49.2 Å². The molecule has 7 nitrogen and oxygen atoms in total. The average molecular weight is 618 g/mol. The van der Waals surface area contributed by atoms with Gasteiger partial charge in [0.2, 0.25) is 0 Å². The Morgan fingerprint density at radius 2 is 1.55 bits per heavy atom. The van der Waals surface area contributed by atoms with Crippen LogP contribution in [-0.4, -0.2) is 52.7 Å². The summed E-state index contributed by atoms with van der Waals surface area (Å²) in [6.07, 6.45) is 8.72. The summed E-state index contributed by atoms with van der Waals surface area (Å²) in [6, 6.07) is 16.4. The molecule has 3 rings (SSSR count). The van der Waals surface area contributed by atoms with E-state index in [0.717, 1.165) is 64.4 Å². The number of aliphatic hydroxyl groups excluding tert-OH is 2. The Labute approximate surface area is 256 Å². The van der Waals surface area contributed by atoms with Gasteiger partial charge >= 0.3 is 5.97 Å². The molecule has 240 valence electrons. The predicted molar refractivity (Wildman–Crippen MR) is 164 cm³/mol. The van der Waals surface area contributed by atoms with Crippen molar-refractivity contribution in [3.05, 3.63) is 106 Å². The van der Waals surface area contributed by atoms with Crippen LogP contribution in [0.5, 0.6) is 5.75 Å². The molecular formula is C34H42F3NO6. The molecule has 1 unspecified atom stereocenters. The summed E-state index contributed by atoms with van der Waals surface area (Å²) in [6.45, 7) is 2.77. The van der Waals surface area contributed by atoms with Crippen LogP contribution in [-0.2, 0) is 22.6 Å². The van der Waals surface area contributed by atoms with Crippen molar-refractivity contribution in [1.29, 1.82) is 0 Å². The Kier molecular flexibility index (Phi) is 17.5. The number of ether oxygens (including phenoxy) is 1. The fourth-order valence-electron chi connectivity index (χ4n) is 4.21. The third-order valence-electron chi connectivity index (χ3n) is 6.68. The molecule has 0 saturated heterocycles. The highest BCUT2D eigenvalue weighted by Crippen LogP contribution is 2.22. The molecule has 0 aliphatic rings. The molecule has 3 aromatic rings. The molecule has 0 aromatic heterocycles. The number of phenols is 1. The Bertz CT molecular complexity index is 1290. The molecule has 0 radical (unpaired) electrons. The molecule has 5 N–H and O–H groups in total. The lowest BCUT2D eigenvalue weighted by atomic mass is 10.1. The maximum Gasteiger partial charge on any atom is 0.328 e. The monoisotopic (exact) mass is 617 g/mol. The standard InChI is InChI=1S/C25H37NO4.C9H5F3O2/c27-20-23-18-22(13-14-24(23)28)25(29)19-26-15-7-1-2-8-16-30-17-9-6-12-21-10-4-3-5-11-21;10-6-4-8(12)7(11)3-5(6)1-2-9(13)14/h3-5,10-11,13-14,18,25-29H,1-2,6-9,12,15-17,19-20H2;1-4H,(H,13,14)/b;2-1+. The highest BCUT2D eigenvalue weighted by Gasteiger charge is 2.10. The molecule has 1 atom stereocenters. The second kappa shape index (κ2) is 21.1. The third kappa shape index (κ3) is 14.7. The van der Waals surface area contributed by atoms with E-state index in [0.29, 0.717) is 35.9 Å². The first-order valence-corrected chi connectivity index (χ1v) is 14.7. The molecule has 44 heavy (non-hydrogen) atoms. The van der Waals surface area contributed by atoms with Gasteiger partial charge in [0.15, 0.2) is 11.6 Å². The summed E-state index contributed by atoms with van der Waals surface area (Å²) < 4.78 is 43.5. The van der Waals surface area contributed by atoms with Gasteiger partial charge in [0.05, 0.1) is 12.7 Å². The van der Waals surface area contributed by atoms with Crippen molar-refractivity contribution in [3.8, 4) is 5.75 Å². The van der Waals surface area contributed by atoms with E-state index in [2.05, 4.69) is 35.6 Å². The number of carboxylic acid groups (broad SMARTS) is 1. The fraction of sp³-hybridized carbons (Fsp3) is 0.382. The van der Waals surface area contributed by atoms with E-state index in [9.17, 15) is 33.3 Å². The van der Waals surface area contributed by atoms with Crippen LogP contribution in [0, 0.1) is 17.5 Å². The highest BCUT2D eigenvalue weighted by atomic mass is 19.2. The number of aliphatic hydroxyl groups is 2. The first-order chi connectivity index (χ1) is 21.2. The van der Waals surface area contributed by atoms with Crippen LogP contribution in [0.25, 0.3) is 6.08 Å². The summed E-state index contributed by atoms with van der Waals surface area (Å²) in [5.74, 6) is -4.79. The van der Waals surface area contributed by atoms with Gasteiger partial charge in [0, 0.05) is 43.0 Å². The molecule has 0 saturated carbocycles. The van der Waals surface area contributed by atoms with Gasteiger partial charge in [0.25, 0.3) is 0 Å². The van der Waals surface area contributed by atoms with Crippen molar-refractivity contribution in [1.82, 2.24) is 5.32 Å². The van der Waals surface area contributed by atoms with Gasteiger partial charge in [-0.05, 0) is 74.1 Å². The number of hydrogen-bond acceptors (Lipinski definition) is 6. The van der Waals surface area contributed by atoms with Gasteiger partial charge < -0.3 is 30.5 Å². The Balaban J connectivity index is 0.000000402. The minimum atomic E-state index is -1.31. The molecule has 0 aliphatic carbocycles. The second-order valence-electron chi connectivity index (χ2n) is 10.2. The number of aromatic hydroxyl groups is 1. The number of benzene rings is 3. The minimum absolute atomic E-state index is 0.0533. The molecule has 0 spiro atoms. The van der Waals surface area contributed by atoms with E-state index < -0.39 is 29.5 Å². The van der Waals surface area contributed by atoms with Crippen molar-refractivity contribution in [2.24, 2.45) is 0 Å². The summed E-state index contributed by atoms with van der Waals surface area (Å²) in [5, 5.41) is 40.5. The van der Waals surface area contributed by atoms with E-state index in [1.807, 2.05) is 0 Å². The maximum absolute atomic E-state index is 12.8. The van der Waals surface area contributed by atoms with E-state index in [4.69, 9.17) is 9.84 Å². The normalized spacial score (nSPS) is 11.8. The second-order valence-corrected chi connectivity index (χ2v) is 10.2. The molecule has 0 bridgehead atoms. The number of rotatable bonds is 18. The summed E-state index contributed by atoms with van der Waals surface area (Å²) in [7, 11) is 0. The summed E-state index contributed by atoms with van der Waals surface area (Å²) >= 11 is 0. The summed E-state index contributed by atoms with van der Waals surface area (Å²) in [5.41, 5.74) is 2.22. The Morgan fingerprint density at radius 3 is 2.25 bits per heavy atom. The van der Waals surface area contributed by atoms with E-state index in [-0.39, 0.29) is 17.9 Å². The lowest BCUT2D eigenvalue weighted by molar-refractivity contribution is -0.131. The zero-order chi connectivity index (χ0) is 32.2. The zero-order valence-electron chi connectivity index (χ0n) is 24.7. The van der Waals surface area contributed by atoms with Gasteiger partial charge in [-0.25, -0.2) is 18.0 Å². The Hall–Kier alpha value is -3.70. The number of hydrogen-bond donors (Lipinski definition) is 5. The van der Waals surface area contributed by atoms with Crippen LogP contribution in [0.3, 0.4) is 0 Å². The van der Waals surface area contributed by atoms with Crippen LogP contribution >= 0.6 is 0 Å². The van der Waals surface area contributed by atoms with Gasteiger partial charge in [-0.15, -0.1) is 0 Å². The van der Waals surface area contributed by atoms with Crippen molar-refractivity contribution < 1.29 is 43.1 Å². The number of aliphatic carboxylic acids is 1. The van der Waals surface area contributed by atoms with Crippen LogP contribution < -0.4 is 5.32 Å². The quantitative estimate of drug-likeness (QED) is 0.0645. The SMILES string of the molecule is O=C(O)/C=C/c1cc(F)c(F)cc1F.OCc1cc(C(O)CNCCCCCCOCCCCc2ccccc2)ccc1O. The van der Waals surface area contributed by atoms with Crippen molar-refractivity contribution in [3.63, 3.8) is 0 Å². The number of halogens is 3. The fourth-order valence-corrected chi connectivity index (χ4v) is 4.21. The largest absolute Gasteiger partial charge is 0.508 e. The number of unbranched alkanes of at least 4 members (excludes halogenated alkanes) is 4. The average Bonchev–Trinajstić information content (AvgIpc) is 3.01. The maximum atomic E-state index is 12.8. The molecule has 0 heterocycles. The van der Waals surface area contributed by atoms with Crippen LogP contribution in [0.15, 0.2) is 66.7 Å². The van der Waals surface area contributed by atoms with Crippen molar-refractivity contribution in [2.75, 3.05) is 26.3 Å². The van der Waals surface area contributed by atoms with E-state index in [1.54, 1.807) is 12.1 Å². The van der Waals surface area contributed by atoms with Gasteiger partial charge in [-0.3, -0.25) is 0 Å². The van der Waals surface area contributed by atoms with Gasteiger partial charge in [-0.2, -0.15) is 0 Å². The lowest BCUT2D eigenvalue weighted by Crippen LogP contribution is -2.22. The lowest BCUT2D eigenvalue weighted by Gasteiger charge is -2.14. The molecule has 0 fully saturated rings. The minimum Gasteiger partial charge on any atom is -0.508 e. The van der Waals surface area contributed by atoms with E-state index in [1.165, 1.54) is 18.1 Å². The van der Waals surface area contributed by atoms with Crippen LogP contribution in [0.1, 0.15) is 66.9 Å². The first kappa shape index (κ1) is 36.5. The van der Waals surface area contributed by atoms with Crippen LogP contribution in [0.2, 0.25) is 0 Å². The van der Waals surface area contributed by atoms with Crippen molar-refractivity contribution in [2.45, 2.75) is 57.7 Å². The predicted octanol–water partition coefficient (Wildman–Crippen LogP) is 6.31. The highest BCUT2D eigenvalue weighted by molar-refractivity contribution is 5.85. The number of carbonyl (C=O) groups is 1. The van der Waals surface area contributed by atoms with Gasteiger partial charge in [0.1, 0.15) is 11.6 Å². The zero-order valence-corrected chi connectivity index (χ0v) is 24.7. The smallest absolute Gasteiger partial charge is 0.328 e. The third-order valence-corrected chi connectivity index (χ3v) is 6.68. The molecule has 3 aromatic carbocycles. The number of nitrogens with one attached hydrogen (secondary N) is 1. The number of carboxylic acids is 1. The van der Waals surface area contributed by atoms with Crippen LogP contribution in [0.4, 0.5) is 13.2 Å². The molecule has 10 heteroatoms. The number of aryl methyl sites for hydroxylation is 1. The van der Waals surface area contributed by atoms with E-state index >= 15 is 0 Å². The molecule has 0 amide bonds. The summed E-state index contributed by atoms with van der Waals surface area (Å²) in [4.78, 5) is 10.1. The van der Waals surface area contributed by atoms with Crippen molar-refractivity contribution >= 4 is 12.0 Å².